The van der Waals surface area contributed by atoms with Crippen LogP contribution in [0.4, 0.5) is 0 Å². The first-order valence-corrected chi connectivity index (χ1v) is 4.76. The molecule has 0 aliphatic rings. The van der Waals surface area contributed by atoms with Crippen molar-refractivity contribution in [3.63, 3.8) is 0 Å². The monoisotopic (exact) mass is 232 g/mol. The number of aliphatic hydroxyl groups excluding tert-OH is 1. The van der Waals surface area contributed by atoms with E-state index >= 15 is 0 Å². The highest BCUT2D eigenvalue weighted by atomic mass is 16.4. The predicted octanol–water partition coefficient (Wildman–Crippen LogP) is -0.200. The summed E-state index contributed by atoms with van der Waals surface area (Å²) in [6.45, 7) is -0.673. The van der Waals surface area contributed by atoms with Crippen LogP contribution < -0.4 is 5.32 Å². The fraction of sp³-hybridized carbons (Fsp3) is 0.167. The highest BCUT2D eigenvalue weighted by Crippen LogP contribution is 2.03. The summed E-state index contributed by atoms with van der Waals surface area (Å²) in [5, 5.41) is 19.5. The predicted molar refractivity (Wildman–Crippen MR) is 58.7 cm³/mol. The number of hydrogen-bond donors (Lipinski definition) is 3. The van der Waals surface area contributed by atoms with Crippen molar-refractivity contribution in [1.29, 1.82) is 0 Å². The van der Waals surface area contributed by atoms with Gasteiger partial charge in [-0.3, -0.25) is 4.79 Å². The summed E-state index contributed by atoms with van der Waals surface area (Å²) in [5.41, 5.74) is 0.766. The SMILES string of the molecule is [C]#Cc1ccc(C(=O)NC(CO)C(=O)O)cc1. The molecular formula is C12H10NO4. The average Bonchev–Trinajstić information content (AvgIpc) is 2.35. The summed E-state index contributed by atoms with van der Waals surface area (Å²) in [7, 11) is 0. The first-order chi connectivity index (χ1) is 8.08. The Kier molecular flexibility index (Phi) is 4.26. The Bertz CT molecular complexity index is 458. The molecule has 0 saturated heterocycles. The van der Waals surface area contributed by atoms with E-state index < -0.39 is 24.5 Å². The summed E-state index contributed by atoms with van der Waals surface area (Å²) in [5.74, 6) is 0.252. The van der Waals surface area contributed by atoms with Crippen molar-refractivity contribution < 1.29 is 19.8 Å². The number of carbonyl (C=O) groups excluding carboxylic acids is 1. The van der Waals surface area contributed by atoms with Gasteiger partial charge in [0.05, 0.1) is 6.61 Å². The molecule has 0 heterocycles. The highest BCUT2D eigenvalue weighted by Gasteiger charge is 2.19. The first-order valence-electron chi connectivity index (χ1n) is 4.76. The topological polar surface area (TPSA) is 86.6 Å². The summed E-state index contributed by atoms with van der Waals surface area (Å²) in [6.07, 6.45) is 6.86. The number of benzene rings is 1. The van der Waals surface area contributed by atoms with Gasteiger partial charge in [0.25, 0.3) is 5.91 Å². The molecule has 1 unspecified atom stereocenters. The summed E-state index contributed by atoms with van der Waals surface area (Å²) in [4.78, 5) is 22.2. The van der Waals surface area contributed by atoms with Crippen LogP contribution in [0.5, 0.6) is 0 Å². The van der Waals surface area contributed by atoms with E-state index in [1.807, 2.05) is 0 Å². The minimum Gasteiger partial charge on any atom is -0.480 e. The van der Waals surface area contributed by atoms with E-state index in [1.54, 1.807) is 0 Å². The van der Waals surface area contributed by atoms with E-state index in [4.69, 9.17) is 16.6 Å². The smallest absolute Gasteiger partial charge is 0.328 e. The number of hydrogen-bond acceptors (Lipinski definition) is 3. The number of nitrogens with one attached hydrogen (secondary N) is 1. The molecule has 87 valence electrons. The molecule has 1 amide bonds. The van der Waals surface area contributed by atoms with Crippen LogP contribution in [0.25, 0.3) is 0 Å². The summed E-state index contributed by atoms with van der Waals surface area (Å²) < 4.78 is 0. The van der Waals surface area contributed by atoms with Gasteiger partial charge in [-0.05, 0) is 30.7 Å². The Morgan fingerprint density at radius 1 is 1.35 bits per heavy atom. The zero-order valence-electron chi connectivity index (χ0n) is 8.80. The van der Waals surface area contributed by atoms with Crippen LogP contribution >= 0.6 is 0 Å². The lowest BCUT2D eigenvalue weighted by Crippen LogP contribution is -2.43. The maximum atomic E-state index is 11.6. The maximum Gasteiger partial charge on any atom is 0.328 e. The van der Waals surface area contributed by atoms with Crippen LogP contribution in [0.15, 0.2) is 24.3 Å². The van der Waals surface area contributed by atoms with Gasteiger partial charge in [0.1, 0.15) is 0 Å². The Morgan fingerprint density at radius 2 is 1.94 bits per heavy atom. The summed E-state index contributed by atoms with van der Waals surface area (Å²) in [6, 6.07) is 4.59. The van der Waals surface area contributed by atoms with Gasteiger partial charge >= 0.3 is 5.97 Å². The fourth-order valence-corrected chi connectivity index (χ4v) is 1.13. The second-order valence-corrected chi connectivity index (χ2v) is 3.25. The number of carbonyl (C=O) groups is 2. The third kappa shape index (κ3) is 3.33. The van der Waals surface area contributed by atoms with Crippen molar-refractivity contribution in [2.24, 2.45) is 0 Å². The zero-order valence-corrected chi connectivity index (χ0v) is 8.80. The number of aliphatic carboxylic acids is 1. The molecule has 0 saturated carbocycles. The van der Waals surface area contributed by atoms with Crippen LogP contribution in [-0.4, -0.2) is 34.7 Å². The van der Waals surface area contributed by atoms with Crippen molar-refractivity contribution in [3.8, 4) is 5.92 Å². The van der Waals surface area contributed by atoms with Gasteiger partial charge in [0.2, 0.25) is 0 Å². The fourth-order valence-electron chi connectivity index (χ4n) is 1.13. The van der Waals surface area contributed by atoms with Crippen LogP contribution in [-0.2, 0) is 4.79 Å². The van der Waals surface area contributed by atoms with Gasteiger partial charge < -0.3 is 15.5 Å². The molecule has 0 aliphatic carbocycles. The number of carboxylic acids is 1. The van der Waals surface area contributed by atoms with Gasteiger partial charge in [-0.2, -0.15) is 0 Å². The lowest BCUT2D eigenvalue weighted by molar-refractivity contribution is -0.140. The third-order valence-electron chi connectivity index (χ3n) is 2.08. The zero-order chi connectivity index (χ0) is 12.8. The Labute approximate surface area is 98.1 Å². The Balaban J connectivity index is 2.76. The summed E-state index contributed by atoms with van der Waals surface area (Å²) >= 11 is 0. The highest BCUT2D eigenvalue weighted by molar-refractivity contribution is 5.96. The standard InChI is InChI=1S/C12H10NO4/c1-2-8-3-5-9(6-4-8)11(15)13-10(7-14)12(16)17/h3-6,10,14H,7H2,(H,13,15)(H,16,17). The molecular weight excluding hydrogens is 222 g/mol. The minimum absolute atomic E-state index is 0.253. The van der Waals surface area contributed by atoms with Crippen LogP contribution in [0.1, 0.15) is 15.9 Å². The number of rotatable bonds is 4. The molecule has 0 aliphatic heterocycles. The molecule has 1 atom stereocenters. The van der Waals surface area contributed by atoms with E-state index in [2.05, 4.69) is 11.2 Å². The third-order valence-corrected chi connectivity index (χ3v) is 2.08. The second kappa shape index (κ2) is 5.68. The van der Waals surface area contributed by atoms with Gasteiger partial charge in [-0.15, -0.1) is 0 Å². The van der Waals surface area contributed by atoms with Gasteiger partial charge in [-0.1, -0.05) is 5.92 Å². The van der Waals surface area contributed by atoms with Gasteiger partial charge in [0.15, 0.2) is 6.04 Å². The molecule has 1 radical (unpaired) electrons. The largest absolute Gasteiger partial charge is 0.480 e. The maximum absolute atomic E-state index is 11.6. The van der Waals surface area contributed by atoms with Gasteiger partial charge in [0, 0.05) is 11.1 Å². The average molecular weight is 232 g/mol. The molecule has 5 heteroatoms. The molecule has 1 aromatic rings. The van der Waals surface area contributed by atoms with E-state index in [0.29, 0.717) is 5.56 Å². The minimum atomic E-state index is -1.32. The van der Waals surface area contributed by atoms with E-state index in [0.717, 1.165) is 0 Å². The molecule has 0 aromatic heterocycles. The lowest BCUT2D eigenvalue weighted by Gasteiger charge is -2.11. The van der Waals surface area contributed by atoms with Crippen molar-refractivity contribution in [3.05, 3.63) is 41.8 Å². The van der Waals surface area contributed by atoms with Crippen molar-refractivity contribution >= 4 is 11.9 Å². The van der Waals surface area contributed by atoms with Crippen LogP contribution in [0, 0.1) is 12.3 Å². The van der Waals surface area contributed by atoms with E-state index in [1.165, 1.54) is 24.3 Å². The molecule has 3 N–H and O–H groups in total. The van der Waals surface area contributed by atoms with Crippen LogP contribution in [0.3, 0.4) is 0 Å². The number of amides is 1. The van der Waals surface area contributed by atoms with Crippen molar-refractivity contribution in [2.45, 2.75) is 6.04 Å². The molecule has 0 spiro atoms. The number of carboxylic acid groups (broad SMARTS) is 1. The van der Waals surface area contributed by atoms with Crippen molar-refractivity contribution in [1.82, 2.24) is 5.32 Å². The second-order valence-electron chi connectivity index (χ2n) is 3.25. The molecule has 0 fully saturated rings. The Morgan fingerprint density at radius 3 is 2.35 bits per heavy atom. The molecule has 5 nitrogen and oxygen atoms in total. The molecule has 1 rings (SSSR count). The molecule has 0 bridgehead atoms. The van der Waals surface area contributed by atoms with Crippen molar-refractivity contribution in [2.75, 3.05) is 6.61 Å². The van der Waals surface area contributed by atoms with E-state index in [9.17, 15) is 9.59 Å². The quantitative estimate of drug-likeness (QED) is 0.627. The normalized spacial score (nSPS) is 11.3. The first kappa shape index (κ1) is 12.7. The molecule has 1 aromatic carbocycles. The molecule has 17 heavy (non-hydrogen) atoms. The van der Waals surface area contributed by atoms with Crippen LogP contribution in [0.2, 0.25) is 0 Å². The van der Waals surface area contributed by atoms with Gasteiger partial charge in [-0.25, -0.2) is 4.79 Å². The van der Waals surface area contributed by atoms with E-state index in [-0.39, 0.29) is 5.56 Å². The number of aliphatic hydroxyl groups is 1. The Hall–Kier alpha value is -2.32. The lowest BCUT2D eigenvalue weighted by atomic mass is 10.1.